The summed E-state index contributed by atoms with van der Waals surface area (Å²) >= 11 is 0. The molecule has 27 heavy (non-hydrogen) atoms. The standard InChI is InChI=1S/C17H27NO3.C2H2O4/c1-19-15-11-17(21-3)16(20-2)10-13(15)12-18-14-8-6-4-5-7-9-14;3-1(4)2(5)6/h10-11,14,18H,4-9,12H2,1-3H3;(H,3,4)(H,5,6). The van der Waals surface area contributed by atoms with Gasteiger partial charge in [-0.15, -0.1) is 0 Å². The molecule has 8 heteroatoms. The number of carbonyl (C=O) groups is 2. The maximum absolute atomic E-state index is 9.10. The largest absolute Gasteiger partial charge is 0.496 e. The van der Waals surface area contributed by atoms with E-state index in [0.717, 1.165) is 23.6 Å². The zero-order chi connectivity index (χ0) is 20.2. The Hall–Kier alpha value is -2.48. The summed E-state index contributed by atoms with van der Waals surface area (Å²) in [4.78, 5) is 18.2. The summed E-state index contributed by atoms with van der Waals surface area (Å²) in [6, 6.07) is 4.51. The molecule has 0 bridgehead atoms. The van der Waals surface area contributed by atoms with E-state index in [1.807, 2.05) is 12.1 Å². The van der Waals surface area contributed by atoms with Crippen LogP contribution in [0.3, 0.4) is 0 Å². The number of aliphatic carboxylic acids is 2. The van der Waals surface area contributed by atoms with E-state index in [2.05, 4.69) is 5.32 Å². The topological polar surface area (TPSA) is 114 Å². The van der Waals surface area contributed by atoms with Gasteiger partial charge in [-0.2, -0.15) is 0 Å². The van der Waals surface area contributed by atoms with E-state index in [1.165, 1.54) is 38.5 Å². The first-order chi connectivity index (χ1) is 12.9. The summed E-state index contributed by atoms with van der Waals surface area (Å²) in [7, 11) is 4.99. The van der Waals surface area contributed by atoms with Crippen LogP contribution in [0.1, 0.15) is 44.1 Å². The van der Waals surface area contributed by atoms with Gasteiger partial charge in [0.15, 0.2) is 11.5 Å². The third-order valence-corrected chi connectivity index (χ3v) is 4.41. The van der Waals surface area contributed by atoms with Crippen molar-refractivity contribution in [3.63, 3.8) is 0 Å². The van der Waals surface area contributed by atoms with Crippen LogP contribution in [0.5, 0.6) is 17.2 Å². The molecular formula is C19H29NO7. The number of hydrogen-bond acceptors (Lipinski definition) is 6. The van der Waals surface area contributed by atoms with Gasteiger partial charge < -0.3 is 29.7 Å². The van der Waals surface area contributed by atoms with Crippen molar-refractivity contribution >= 4 is 11.9 Å². The number of rotatable bonds is 6. The molecule has 0 spiro atoms. The second-order valence-corrected chi connectivity index (χ2v) is 6.20. The lowest BCUT2D eigenvalue weighted by molar-refractivity contribution is -0.159. The Morgan fingerprint density at radius 1 is 0.889 bits per heavy atom. The van der Waals surface area contributed by atoms with Crippen LogP contribution in [0, 0.1) is 0 Å². The molecule has 0 aromatic heterocycles. The lowest BCUT2D eigenvalue weighted by atomic mass is 10.1. The number of hydrogen-bond donors (Lipinski definition) is 3. The molecule has 152 valence electrons. The number of carboxylic acid groups (broad SMARTS) is 2. The van der Waals surface area contributed by atoms with Crippen molar-refractivity contribution in [1.82, 2.24) is 5.32 Å². The van der Waals surface area contributed by atoms with Gasteiger partial charge in [-0.25, -0.2) is 9.59 Å². The van der Waals surface area contributed by atoms with Crippen molar-refractivity contribution in [2.75, 3.05) is 21.3 Å². The predicted molar refractivity (Wildman–Crippen MR) is 99.7 cm³/mol. The molecule has 0 radical (unpaired) electrons. The third-order valence-electron chi connectivity index (χ3n) is 4.41. The molecule has 2 rings (SSSR count). The van der Waals surface area contributed by atoms with Gasteiger partial charge in [0.1, 0.15) is 5.75 Å². The predicted octanol–water partition coefficient (Wildman–Crippen LogP) is 2.68. The minimum absolute atomic E-state index is 0.616. The van der Waals surface area contributed by atoms with Gasteiger partial charge >= 0.3 is 11.9 Å². The Kier molecular flexibility index (Phi) is 10.0. The van der Waals surface area contributed by atoms with Gasteiger partial charge in [-0.05, 0) is 18.9 Å². The van der Waals surface area contributed by atoms with Crippen LogP contribution in [0.2, 0.25) is 0 Å². The lowest BCUT2D eigenvalue weighted by Gasteiger charge is -2.19. The van der Waals surface area contributed by atoms with Crippen molar-refractivity contribution in [3.8, 4) is 17.2 Å². The van der Waals surface area contributed by atoms with Crippen LogP contribution < -0.4 is 19.5 Å². The van der Waals surface area contributed by atoms with Crippen LogP contribution >= 0.6 is 0 Å². The highest BCUT2D eigenvalue weighted by molar-refractivity contribution is 6.27. The molecule has 1 fully saturated rings. The Labute approximate surface area is 159 Å². The minimum Gasteiger partial charge on any atom is -0.496 e. The average molecular weight is 383 g/mol. The van der Waals surface area contributed by atoms with Crippen LogP contribution in [-0.4, -0.2) is 49.5 Å². The van der Waals surface area contributed by atoms with Gasteiger partial charge in [0.05, 0.1) is 21.3 Å². The van der Waals surface area contributed by atoms with Gasteiger partial charge in [-0.1, -0.05) is 25.7 Å². The number of benzene rings is 1. The van der Waals surface area contributed by atoms with E-state index in [4.69, 9.17) is 34.0 Å². The summed E-state index contributed by atoms with van der Waals surface area (Å²) in [6.45, 7) is 0.800. The lowest BCUT2D eigenvalue weighted by Crippen LogP contribution is -2.28. The molecule has 8 nitrogen and oxygen atoms in total. The van der Waals surface area contributed by atoms with Crippen molar-refractivity contribution in [1.29, 1.82) is 0 Å². The highest BCUT2D eigenvalue weighted by Crippen LogP contribution is 2.34. The summed E-state index contributed by atoms with van der Waals surface area (Å²) < 4.78 is 16.2. The molecule has 0 atom stereocenters. The van der Waals surface area contributed by atoms with Crippen LogP contribution in [0.4, 0.5) is 0 Å². The molecule has 0 amide bonds. The zero-order valence-electron chi connectivity index (χ0n) is 16.1. The Morgan fingerprint density at radius 2 is 1.37 bits per heavy atom. The van der Waals surface area contributed by atoms with Gasteiger partial charge in [0, 0.05) is 24.2 Å². The highest BCUT2D eigenvalue weighted by Gasteiger charge is 2.15. The monoisotopic (exact) mass is 383 g/mol. The smallest absolute Gasteiger partial charge is 0.414 e. The Balaban J connectivity index is 0.000000527. The fourth-order valence-electron chi connectivity index (χ4n) is 2.97. The first kappa shape index (κ1) is 22.6. The summed E-state index contributed by atoms with van der Waals surface area (Å²) in [5, 5.41) is 18.4. The van der Waals surface area contributed by atoms with Crippen molar-refractivity contribution in [2.45, 2.75) is 51.1 Å². The first-order valence-electron chi connectivity index (χ1n) is 8.91. The second kappa shape index (κ2) is 12.0. The second-order valence-electron chi connectivity index (χ2n) is 6.20. The number of nitrogens with one attached hydrogen (secondary N) is 1. The van der Waals surface area contributed by atoms with Gasteiger partial charge in [-0.3, -0.25) is 0 Å². The average Bonchev–Trinajstić information content (AvgIpc) is 2.94. The molecule has 1 aliphatic carbocycles. The van der Waals surface area contributed by atoms with E-state index in [9.17, 15) is 0 Å². The number of ether oxygens (including phenoxy) is 3. The third kappa shape index (κ3) is 7.74. The maximum atomic E-state index is 9.10. The molecule has 1 aliphatic rings. The molecule has 0 aliphatic heterocycles. The molecular weight excluding hydrogens is 354 g/mol. The van der Waals surface area contributed by atoms with Gasteiger partial charge in [0.2, 0.25) is 0 Å². The minimum atomic E-state index is -1.82. The van der Waals surface area contributed by atoms with E-state index in [-0.39, 0.29) is 0 Å². The molecule has 3 N–H and O–H groups in total. The molecule has 0 heterocycles. The van der Waals surface area contributed by atoms with Crippen molar-refractivity contribution < 1.29 is 34.0 Å². The first-order valence-corrected chi connectivity index (χ1v) is 8.91. The van der Waals surface area contributed by atoms with E-state index in [1.54, 1.807) is 21.3 Å². The summed E-state index contributed by atoms with van der Waals surface area (Å²) in [5.41, 5.74) is 1.11. The van der Waals surface area contributed by atoms with Crippen LogP contribution in [-0.2, 0) is 16.1 Å². The fourth-order valence-corrected chi connectivity index (χ4v) is 2.97. The fraction of sp³-hybridized carbons (Fsp3) is 0.579. The number of methoxy groups -OCH3 is 3. The molecule has 1 saturated carbocycles. The quantitative estimate of drug-likeness (QED) is 0.507. The zero-order valence-corrected chi connectivity index (χ0v) is 16.1. The van der Waals surface area contributed by atoms with Gasteiger partial charge in [0.25, 0.3) is 0 Å². The van der Waals surface area contributed by atoms with E-state index >= 15 is 0 Å². The van der Waals surface area contributed by atoms with Crippen molar-refractivity contribution in [3.05, 3.63) is 17.7 Å². The SMILES string of the molecule is COc1cc(OC)c(OC)cc1CNC1CCCCCC1.O=C(O)C(=O)O. The maximum Gasteiger partial charge on any atom is 0.414 e. The molecule has 1 aromatic carbocycles. The Bertz CT molecular complexity index is 598. The van der Waals surface area contributed by atoms with Crippen molar-refractivity contribution in [2.24, 2.45) is 0 Å². The highest BCUT2D eigenvalue weighted by atomic mass is 16.5. The molecule has 1 aromatic rings. The molecule has 0 unspecified atom stereocenters. The summed E-state index contributed by atoms with van der Waals surface area (Å²) in [5.74, 6) is -1.36. The van der Waals surface area contributed by atoms with E-state index in [0.29, 0.717) is 11.8 Å². The van der Waals surface area contributed by atoms with E-state index < -0.39 is 11.9 Å². The normalized spacial score (nSPS) is 14.3. The molecule has 0 saturated heterocycles. The van der Waals surface area contributed by atoms with Crippen LogP contribution in [0.15, 0.2) is 12.1 Å². The number of carboxylic acids is 2. The summed E-state index contributed by atoms with van der Waals surface area (Å²) in [6.07, 6.45) is 7.96. The van der Waals surface area contributed by atoms with Crippen LogP contribution in [0.25, 0.3) is 0 Å². The Morgan fingerprint density at radius 3 is 1.81 bits per heavy atom.